The highest BCUT2D eigenvalue weighted by Crippen LogP contribution is 2.35. The fraction of sp³-hybridized carbons (Fsp3) is 0.929. The first-order valence-electron chi connectivity index (χ1n) is 6.75. The molecule has 100 valence electrons. The van der Waals surface area contributed by atoms with E-state index in [1.807, 2.05) is 20.8 Å². The molecule has 0 radical (unpaired) electrons. The Bertz CT molecular complexity index is 266. The maximum Gasteiger partial charge on any atom is 0.234 e. The highest BCUT2D eigenvalue weighted by Gasteiger charge is 2.32. The second-order valence-electron chi connectivity index (χ2n) is 6.97. The monoisotopic (exact) mass is 240 g/mol. The molecule has 1 atom stereocenters. The van der Waals surface area contributed by atoms with E-state index in [1.165, 1.54) is 25.7 Å². The van der Waals surface area contributed by atoms with Crippen LogP contribution in [-0.4, -0.2) is 24.0 Å². The maximum atomic E-state index is 11.7. The standard InChI is InChI=1S/C14H28N2O/c1-13(2,3)16-12(17)10-15-11-8-6-7-9-14(11,4)5/h11,15H,6-10H2,1-5H3,(H,16,17). The zero-order chi connectivity index (χ0) is 13.1. The van der Waals surface area contributed by atoms with Gasteiger partial charge in [0.05, 0.1) is 6.54 Å². The largest absolute Gasteiger partial charge is 0.350 e. The van der Waals surface area contributed by atoms with Gasteiger partial charge in [-0.2, -0.15) is 0 Å². The van der Waals surface area contributed by atoms with Gasteiger partial charge in [-0.1, -0.05) is 26.7 Å². The van der Waals surface area contributed by atoms with E-state index in [0.717, 1.165) is 0 Å². The van der Waals surface area contributed by atoms with E-state index in [0.29, 0.717) is 18.0 Å². The van der Waals surface area contributed by atoms with Crippen LogP contribution in [0.3, 0.4) is 0 Å². The number of hydrogen-bond donors (Lipinski definition) is 2. The summed E-state index contributed by atoms with van der Waals surface area (Å²) >= 11 is 0. The predicted octanol–water partition coefficient (Wildman–Crippen LogP) is 2.46. The summed E-state index contributed by atoms with van der Waals surface area (Å²) in [4.78, 5) is 11.7. The van der Waals surface area contributed by atoms with Crippen molar-refractivity contribution in [3.05, 3.63) is 0 Å². The predicted molar refractivity (Wildman–Crippen MR) is 71.9 cm³/mol. The van der Waals surface area contributed by atoms with Crippen molar-refractivity contribution in [2.45, 2.75) is 71.9 Å². The van der Waals surface area contributed by atoms with Gasteiger partial charge in [0.25, 0.3) is 0 Å². The molecule has 1 aliphatic carbocycles. The van der Waals surface area contributed by atoms with E-state index in [9.17, 15) is 4.79 Å². The van der Waals surface area contributed by atoms with Gasteiger partial charge in [0.2, 0.25) is 5.91 Å². The molecule has 0 aromatic carbocycles. The Morgan fingerprint density at radius 2 is 1.94 bits per heavy atom. The Morgan fingerprint density at radius 3 is 2.47 bits per heavy atom. The van der Waals surface area contributed by atoms with E-state index in [4.69, 9.17) is 0 Å². The average Bonchev–Trinajstić information content (AvgIpc) is 2.12. The van der Waals surface area contributed by atoms with Crippen LogP contribution in [0.4, 0.5) is 0 Å². The lowest BCUT2D eigenvalue weighted by atomic mass is 9.73. The summed E-state index contributed by atoms with van der Waals surface area (Å²) in [5.74, 6) is 0.0962. The van der Waals surface area contributed by atoms with Gasteiger partial charge in [0.15, 0.2) is 0 Å². The van der Waals surface area contributed by atoms with Crippen LogP contribution >= 0.6 is 0 Å². The van der Waals surface area contributed by atoms with E-state index < -0.39 is 0 Å². The Labute approximate surface area is 106 Å². The van der Waals surface area contributed by atoms with Gasteiger partial charge in [-0.25, -0.2) is 0 Å². The zero-order valence-electron chi connectivity index (χ0n) is 12.0. The summed E-state index contributed by atoms with van der Waals surface area (Å²) < 4.78 is 0. The number of amides is 1. The van der Waals surface area contributed by atoms with E-state index in [1.54, 1.807) is 0 Å². The highest BCUT2D eigenvalue weighted by atomic mass is 16.2. The lowest BCUT2D eigenvalue weighted by molar-refractivity contribution is -0.121. The van der Waals surface area contributed by atoms with Crippen LogP contribution in [0.5, 0.6) is 0 Å². The van der Waals surface area contributed by atoms with Crippen LogP contribution in [-0.2, 0) is 4.79 Å². The lowest BCUT2D eigenvalue weighted by Crippen LogP contribution is -2.50. The van der Waals surface area contributed by atoms with E-state index in [2.05, 4.69) is 24.5 Å². The fourth-order valence-electron chi connectivity index (χ4n) is 2.55. The molecular formula is C14H28N2O. The van der Waals surface area contributed by atoms with Gasteiger partial charge in [-0.05, 0) is 39.0 Å². The quantitative estimate of drug-likeness (QED) is 0.795. The molecule has 0 bridgehead atoms. The Balaban J connectivity index is 2.37. The zero-order valence-corrected chi connectivity index (χ0v) is 12.0. The first-order chi connectivity index (χ1) is 7.71. The molecule has 0 spiro atoms. The Morgan fingerprint density at radius 1 is 1.29 bits per heavy atom. The summed E-state index contributed by atoms with van der Waals surface area (Å²) in [5.41, 5.74) is 0.182. The first-order valence-corrected chi connectivity index (χ1v) is 6.75. The van der Waals surface area contributed by atoms with Gasteiger partial charge < -0.3 is 10.6 Å². The minimum atomic E-state index is -0.138. The molecule has 17 heavy (non-hydrogen) atoms. The third-order valence-electron chi connectivity index (χ3n) is 3.53. The van der Waals surface area contributed by atoms with Crippen molar-refractivity contribution >= 4 is 5.91 Å². The van der Waals surface area contributed by atoms with Crippen LogP contribution in [0.25, 0.3) is 0 Å². The summed E-state index contributed by atoms with van der Waals surface area (Å²) in [7, 11) is 0. The number of hydrogen-bond acceptors (Lipinski definition) is 2. The Kier molecular flexibility index (Phi) is 4.59. The lowest BCUT2D eigenvalue weighted by Gasteiger charge is -2.39. The molecule has 0 aliphatic heterocycles. The summed E-state index contributed by atoms with van der Waals surface area (Å²) in [5, 5.41) is 6.41. The van der Waals surface area contributed by atoms with Crippen LogP contribution in [0.1, 0.15) is 60.3 Å². The van der Waals surface area contributed by atoms with Crippen LogP contribution in [0.2, 0.25) is 0 Å². The molecule has 0 saturated heterocycles. The third kappa shape index (κ3) is 5.07. The molecule has 0 aromatic rings. The number of carbonyl (C=O) groups is 1. The van der Waals surface area contributed by atoms with Gasteiger partial charge in [-0.3, -0.25) is 4.79 Å². The molecule has 1 rings (SSSR count). The number of nitrogens with one attached hydrogen (secondary N) is 2. The van der Waals surface area contributed by atoms with Crippen LogP contribution in [0.15, 0.2) is 0 Å². The van der Waals surface area contributed by atoms with E-state index in [-0.39, 0.29) is 11.4 Å². The van der Waals surface area contributed by atoms with Crippen LogP contribution in [0, 0.1) is 5.41 Å². The second-order valence-corrected chi connectivity index (χ2v) is 6.97. The van der Waals surface area contributed by atoms with Crippen LogP contribution < -0.4 is 10.6 Å². The number of carbonyl (C=O) groups excluding carboxylic acids is 1. The van der Waals surface area contributed by atoms with Crippen molar-refractivity contribution in [2.24, 2.45) is 5.41 Å². The topological polar surface area (TPSA) is 41.1 Å². The Hall–Kier alpha value is -0.570. The highest BCUT2D eigenvalue weighted by molar-refractivity contribution is 5.78. The molecule has 1 aliphatic rings. The molecule has 3 nitrogen and oxygen atoms in total. The van der Waals surface area contributed by atoms with Gasteiger partial charge >= 0.3 is 0 Å². The molecular weight excluding hydrogens is 212 g/mol. The van der Waals surface area contributed by atoms with Gasteiger partial charge in [-0.15, -0.1) is 0 Å². The minimum absolute atomic E-state index is 0.0962. The van der Waals surface area contributed by atoms with Gasteiger partial charge in [0, 0.05) is 11.6 Å². The smallest absolute Gasteiger partial charge is 0.234 e. The van der Waals surface area contributed by atoms with Crippen molar-refractivity contribution in [2.75, 3.05) is 6.54 Å². The van der Waals surface area contributed by atoms with Crippen molar-refractivity contribution in [3.8, 4) is 0 Å². The molecule has 2 N–H and O–H groups in total. The molecule has 0 heterocycles. The number of rotatable bonds is 3. The van der Waals surface area contributed by atoms with Crippen molar-refractivity contribution in [3.63, 3.8) is 0 Å². The van der Waals surface area contributed by atoms with E-state index >= 15 is 0 Å². The molecule has 1 fully saturated rings. The molecule has 1 saturated carbocycles. The molecule has 1 amide bonds. The third-order valence-corrected chi connectivity index (χ3v) is 3.53. The molecule has 0 aromatic heterocycles. The summed E-state index contributed by atoms with van der Waals surface area (Å²) in [6.45, 7) is 11.1. The second kappa shape index (κ2) is 5.38. The fourth-order valence-corrected chi connectivity index (χ4v) is 2.55. The SMILES string of the molecule is CC(C)(C)NC(=O)CNC1CCCCC1(C)C. The molecule has 1 unspecified atom stereocenters. The first kappa shape index (κ1) is 14.5. The molecule has 3 heteroatoms. The maximum absolute atomic E-state index is 11.7. The van der Waals surface area contributed by atoms with Crippen molar-refractivity contribution in [1.29, 1.82) is 0 Å². The summed E-state index contributed by atoms with van der Waals surface area (Å²) in [6.07, 6.45) is 5.04. The normalized spacial score (nSPS) is 24.4. The van der Waals surface area contributed by atoms with Gasteiger partial charge in [0.1, 0.15) is 0 Å². The minimum Gasteiger partial charge on any atom is -0.350 e. The average molecular weight is 240 g/mol. The van der Waals surface area contributed by atoms with Crippen molar-refractivity contribution < 1.29 is 4.79 Å². The summed E-state index contributed by atoms with van der Waals surface area (Å²) in [6, 6.07) is 0.474. The van der Waals surface area contributed by atoms with Crippen molar-refractivity contribution in [1.82, 2.24) is 10.6 Å².